The quantitative estimate of drug-likeness (QED) is 0.824. The molecule has 2 unspecified atom stereocenters. The monoisotopic (exact) mass is 302 g/mol. The van der Waals surface area contributed by atoms with Gasteiger partial charge in [0.1, 0.15) is 6.04 Å². The molecule has 0 saturated carbocycles. The van der Waals surface area contributed by atoms with Crippen LogP contribution in [0.15, 0.2) is 12.1 Å². The van der Waals surface area contributed by atoms with Crippen LogP contribution in [0.25, 0.3) is 0 Å². The molecular weight excluding hydrogens is 289 g/mol. The molecule has 2 atom stereocenters. The van der Waals surface area contributed by atoms with E-state index in [0.717, 1.165) is 11.0 Å². The number of benzene rings is 1. The molecule has 114 valence electrons. The molecule has 21 heavy (non-hydrogen) atoms. The molecule has 1 aliphatic rings. The molecule has 0 radical (unpaired) electrons. The molecule has 2 N–H and O–H groups in total. The lowest BCUT2D eigenvalue weighted by molar-refractivity contribution is -0.142. The van der Waals surface area contributed by atoms with Crippen LogP contribution in [0.5, 0.6) is 0 Å². The van der Waals surface area contributed by atoms with Crippen LogP contribution in [0.1, 0.15) is 13.3 Å². The number of likely N-dealkylation sites (tertiary alicyclic amines) is 1. The third-order valence-electron chi connectivity index (χ3n) is 3.49. The van der Waals surface area contributed by atoms with Gasteiger partial charge < -0.3 is 15.3 Å². The average Bonchev–Trinajstić information content (AvgIpc) is 2.81. The Balaban J connectivity index is 2.19. The second-order valence-corrected chi connectivity index (χ2v) is 4.90. The molecular formula is C13H13F3N2O3. The topological polar surface area (TPSA) is 69.6 Å². The highest BCUT2D eigenvalue weighted by atomic mass is 19.2. The van der Waals surface area contributed by atoms with Crippen molar-refractivity contribution < 1.29 is 27.9 Å². The molecule has 1 aliphatic heterocycles. The Morgan fingerprint density at radius 2 is 1.95 bits per heavy atom. The molecule has 0 aliphatic carbocycles. The van der Waals surface area contributed by atoms with E-state index < -0.39 is 41.2 Å². The van der Waals surface area contributed by atoms with Crippen LogP contribution >= 0.6 is 0 Å². The Bertz CT molecular complexity index is 594. The third-order valence-corrected chi connectivity index (χ3v) is 3.49. The summed E-state index contributed by atoms with van der Waals surface area (Å²) in [6, 6.07) is -0.342. The number of urea groups is 1. The minimum atomic E-state index is -1.70. The maximum Gasteiger partial charge on any atom is 0.326 e. The van der Waals surface area contributed by atoms with Crippen molar-refractivity contribution in [2.75, 3.05) is 11.9 Å². The summed E-state index contributed by atoms with van der Waals surface area (Å²) in [7, 11) is 0. The van der Waals surface area contributed by atoms with Gasteiger partial charge in [0.15, 0.2) is 17.5 Å². The third kappa shape index (κ3) is 2.79. The highest BCUT2D eigenvalue weighted by Crippen LogP contribution is 2.26. The van der Waals surface area contributed by atoms with E-state index in [2.05, 4.69) is 5.32 Å². The number of carboxylic acid groups (broad SMARTS) is 1. The van der Waals surface area contributed by atoms with Crippen LogP contribution in [0.3, 0.4) is 0 Å². The van der Waals surface area contributed by atoms with E-state index in [-0.39, 0.29) is 12.5 Å². The summed E-state index contributed by atoms with van der Waals surface area (Å²) >= 11 is 0. The van der Waals surface area contributed by atoms with Crippen LogP contribution in [0.4, 0.5) is 23.7 Å². The number of anilines is 1. The van der Waals surface area contributed by atoms with Gasteiger partial charge in [-0.25, -0.2) is 22.8 Å². The summed E-state index contributed by atoms with van der Waals surface area (Å²) in [6.45, 7) is 1.87. The number of aliphatic carboxylic acids is 1. The van der Waals surface area contributed by atoms with E-state index in [9.17, 15) is 22.8 Å². The largest absolute Gasteiger partial charge is 0.480 e. The standard InChI is InChI=1S/C13H13F3N2O3/c1-6-4-5-18(11(6)12(19)20)13(21)17-8-3-2-7(14)9(15)10(8)16/h2-3,6,11H,4-5H2,1H3,(H,17,21)(H,19,20). The lowest BCUT2D eigenvalue weighted by Crippen LogP contribution is -2.44. The number of hydrogen-bond acceptors (Lipinski definition) is 2. The first-order chi connectivity index (χ1) is 9.82. The summed E-state index contributed by atoms with van der Waals surface area (Å²) in [5.41, 5.74) is -0.539. The Kier molecular flexibility index (Phi) is 4.06. The second-order valence-electron chi connectivity index (χ2n) is 4.90. The van der Waals surface area contributed by atoms with Gasteiger partial charge in [0.2, 0.25) is 0 Å². The summed E-state index contributed by atoms with van der Waals surface area (Å²) < 4.78 is 39.4. The molecule has 1 fully saturated rings. The Labute approximate surface area is 118 Å². The fourth-order valence-corrected chi connectivity index (χ4v) is 2.36. The van der Waals surface area contributed by atoms with E-state index in [0.29, 0.717) is 12.5 Å². The minimum absolute atomic E-state index is 0.190. The van der Waals surface area contributed by atoms with Crippen LogP contribution < -0.4 is 5.32 Å². The molecule has 0 spiro atoms. The molecule has 8 heteroatoms. The molecule has 0 aromatic heterocycles. The lowest BCUT2D eigenvalue weighted by atomic mass is 10.0. The summed E-state index contributed by atoms with van der Waals surface area (Å²) in [5, 5.41) is 11.2. The molecule has 5 nitrogen and oxygen atoms in total. The van der Waals surface area contributed by atoms with Crippen molar-refractivity contribution in [2.45, 2.75) is 19.4 Å². The van der Waals surface area contributed by atoms with Gasteiger partial charge in [-0.15, -0.1) is 0 Å². The van der Waals surface area contributed by atoms with Crippen LogP contribution in [-0.4, -0.2) is 34.6 Å². The van der Waals surface area contributed by atoms with Crippen molar-refractivity contribution in [1.82, 2.24) is 4.90 Å². The minimum Gasteiger partial charge on any atom is -0.480 e. The number of rotatable bonds is 2. The number of carbonyl (C=O) groups excluding carboxylic acids is 1. The zero-order valence-electron chi connectivity index (χ0n) is 11.1. The number of nitrogens with zero attached hydrogens (tertiary/aromatic N) is 1. The van der Waals surface area contributed by atoms with Gasteiger partial charge in [-0.3, -0.25) is 0 Å². The first-order valence-corrected chi connectivity index (χ1v) is 6.27. The first kappa shape index (κ1) is 15.1. The number of carbonyl (C=O) groups is 2. The van der Waals surface area contributed by atoms with Crippen molar-refractivity contribution >= 4 is 17.7 Å². The van der Waals surface area contributed by atoms with Crippen molar-refractivity contribution in [3.63, 3.8) is 0 Å². The molecule has 2 rings (SSSR count). The Morgan fingerprint density at radius 1 is 1.29 bits per heavy atom. The molecule has 1 aromatic carbocycles. The normalized spacial score (nSPS) is 21.4. The van der Waals surface area contributed by atoms with Crippen molar-refractivity contribution in [3.8, 4) is 0 Å². The van der Waals surface area contributed by atoms with Gasteiger partial charge in [0, 0.05) is 6.54 Å². The summed E-state index contributed by atoms with van der Waals surface area (Å²) in [4.78, 5) is 24.2. The van der Waals surface area contributed by atoms with Crippen molar-refractivity contribution in [2.24, 2.45) is 5.92 Å². The second kappa shape index (κ2) is 5.63. The Hall–Kier alpha value is -2.25. The zero-order chi connectivity index (χ0) is 15.7. The number of hydrogen-bond donors (Lipinski definition) is 2. The zero-order valence-corrected chi connectivity index (χ0v) is 11.1. The van der Waals surface area contributed by atoms with Gasteiger partial charge in [-0.2, -0.15) is 0 Å². The van der Waals surface area contributed by atoms with Crippen molar-refractivity contribution in [3.05, 3.63) is 29.6 Å². The highest BCUT2D eigenvalue weighted by molar-refractivity contribution is 5.93. The van der Waals surface area contributed by atoms with Crippen LogP contribution in [-0.2, 0) is 4.79 Å². The molecule has 2 amide bonds. The van der Waals surface area contributed by atoms with Gasteiger partial charge in [0.05, 0.1) is 5.69 Å². The van der Waals surface area contributed by atoms with Crippen LogP contribution in [0, 0.1) is 23.4 Å². The number of halogens is 3. The van der Waals surface area contributed by atoms with E-state index in [1.807, 2.05) is 0 Å². The van der Waals surface area contributed by atoms with Crippen molar-refractivity contribution in [1.29, 1.82) is 0 Å². The lowest BCUT2D eigenvalue weighted by Gasteiger charge is -2.23. The van der Waals surface area contributed by atoms with E-state index in [1.165, 1.54) is 0 Å². The number of amides is 2. The summed E-state index contributed by atoms with van der Waals surface area (Å²) in [6.07, 6.45) is 0.491. The number of carboxylic acids is 1. The predicted molar refractivity (Wildman–Crippen MR) is 67.2 cm³/mol. The SMILES string of the molecule is CC1CCN(C(=O)Nc2ccc(F)c(F)c2F)C1C(=O)O. The maximum atomic E-state index is 13.5. The van der Waals surface area contributed by atoms with E-state index in [1.54, 1.807) is 6.92 Å². The van der Waals surface area contributed by atoms with E-state index >= 15 is 0 Å². The average molecular weight is 302 g/mol. The Morgan fingerprint density at radius 3 is 2.57 bits per heavy atom. The first-order valence-electron chi connectivity index (χ1n) is 6.27. The fourth-order valence-electron chi connectivity index (χ4n) is 2.36. The predicted octanol–water partition coefficient (Wildman–Crippen LogP) is 2.43. The highest BCUT2D eigenvalue weighted by Gasteiger charge is 2.39. The van der Waals surface area contributed by atoms with Crippen LogP contribution in [0.2, 0.25) is 0 Å². The molecule has 1 heterocycles. The fraction of sp³-hybridized carbons (Fsp3) is 0.385. The van der Waals surface area contributed by atoms with E-state index in [4.69, 9.17) is 5.11 Å². The summed E-state index contributed by atoms with van der Waals surface area (Å²) in [5.74, 6) is -6.01. The van der Waals surface area contributed by atoms with Gasteiger partial charge >= 0.3 is 12.0 Å². The molecule has 1 aromatic rings. The smallest absolute Gasteiger partial charge is 0.326 e. The van der Waals surface area contributed by atoms with Gasteiger partial charge in [0.25, 0.3) is 0 Å². The molecule has 1 saturated heterocycles. The van der Waals surface area contributed by atoms with Gasteiger partial charge in [-0.1, -0.05) is 6.92 Å². The maximum absolute atomic E-state index is 13.5. The van der Waals surface area contributed by atoms with Gasteiger partial charge in [-0.05, 0) is 24.5 Å². The molecule has 0 bridgehead atoms. The number of nitrogens with one attached hydrogen (secondary N) is 1.